The third-order valence-electron chi connectivity index (χ3n) is 2.10. The second-order valence-corrected chi connectivity index (χ2v) is 6.08. The summed E-state index contributed by atoms with van der Waals surface area (Å²) >= 11 is 2.77. The molecular formula is C11H12FN3OS2. The fraction of sp³-hybridized carbons (Fsp3) is 0.273. The fourth-order valence-electron chi connectivity index (χ4n) is 1.30. The van der Waals surface area contributed by atoms with Crippen LogP contribution in [0.25, 0.3) is 0 Å². The Morgan fingerprint density at radius 2 is 2.11 bits per heavy atom. The highest BCUT2D eigenvalue weighted by Crippen LogP contribution is 2.33. The quantitative estimate of drug-likeness (QED) is 0.934. The molecule has 0 fully saturated rings. The third-order valence-corrected chi connectivity index (χ3v) is 4.21. The molecule has 1 N–H and O–H groups in total. The second kappa shape index (κ2) is 5.64. The molecule has 0 aliphatic carbocycles. The molecule has 0 unspecified atom stereocenters. The number of hydrogen-bond donors (Lipinski definition) is 1. The van der Waals surface area contributed by atoms with Crippen LogP contribution in [-0.2, 0) is 6.61 Å². The smallest absolute Gasteiger partial charge is 0.208 e. The summed E-state index contributed by atoms with van der Waals surface area (Å²) in [5.41, 5.74) is 0.551. The van der Waals surface area contributed by atoms with Gasteiger partial charge in [0.25, 0.3) is 0 Å². The van der Waals surface area contributed by atoms with Gasteiger partial charge in [-0.15, -0.1) is 10.2 Å². The zero-order chi connectivity index (χ0) is 13.1. The first-order valence-electron chi connectivity index (χ1n) is 5.17. The zero-order valence-electron chi connectivity index (χ0n) is 9.92. The molecule has 0 radical (unpaired) electrons. The average molecular weight is 285 g/mol. The molecule has 0 atom stereocenters. The van der Waals surface area contributed by atoms with Gasteiger partial charge in [-0.3, -0.25) is 0 Å². The van der Waals surface area contributed by atoms with E-state index in [1.165, 1.54) is 35.2 Å². The number of aliphatic hydroxyl groups excluding tert-OH is 1. The number of anilines is 1. The van der Waals surface area contributed by atoms with E-state index in [1.54, 1.807) is 6.07 Å². The Morgan fingerprint density at radius 1 is 1.33 bits per heavy atom. The summed E-state index contributed by atoms with van der Waals surface area (Å²) in [4.78, 5) is 2.58. The van der Waals surface area contributed by atoms with Gasteiger partial charge >= 0.3 is 0 Å². The SMILES string of the molecule is CN(C)c1nnc(Sc2cc(F)cc(CO)c2)s1. The molecule has 0 aliphatic heterocycles. The van der Waals surface area contributed by atoms with Crippen molar-refractivity contribution < 1.29 is 9.50 Å². The van der Waals surface area contributed by atoms with Crippen LogP contribution in [0.2, 0.25) is 0 Å². The molecule has 4 nitrogen and oxygen atoms in total. The first-order chi connectivity index (χ1) is 8.58. The third kappa shape index (κ3) is 3.18. The lowest BCUT2D eigenvalue weighted by Crippen LogP contribution is -2.07. The number of benzene rings is 1. The molecule has 18 heavy (non-hydrogen) atoms. The normalized spacial score (nSPS) is 10.7. The van der Waals surface area contributed by atoms with E-state index in [9.17, 15) is 4.39 Å². The van der Waals surface area contributed by atoms with Gasteiger partial charge in [0.15, 0.2) is 4.34 Å². The van der Waals surface area contributed by atoms with Crippen LogP contribution in [0.4, 0.5) is 9.52 Å². The summed E-state index contributed by atoms with van der Waals surface area (Å²) in [5, 5.41) is 17.9. The number of hydrogen-bond acceptors (Lipinski definition) is 6. The van der Waals surface area contributed by atoms with Gasteiger partial charge in [0.05, 0.1) is 6.61 Å². The molecule has 7 heteroatoms. The van der Waals surface area contributed by atoms with Crippen molar-refractivity contribution in [2.45, 2.75) is 15.8 Å². The molecule has 1 heterocycles. The zero-order valence-corrected chi connectivity index (χ0v) is 11.6. The van der Waals surface area contributed by atoms with Crippen molar-refractivity contribution in [1.82, 2.24) is 10.2 Å². The van der Waals surface area contributed by atoms with Gasteiger partial charge in [0, 0.05) is 19.0 Å². The predicted molar refractivity (Wildman–Crippen MR) is 70.7 cm³/mol. The number of aliphatic hydroxyl groups is 1. The minimum atomic E-state index is -0.360. The summed E-state index contributed by atoms with van der Waals surface area (Å²) in [6.07, 6.45) is 0. The molecule has 0 saturated heterocycles. The highest BCUT2D eigenvalue weighted by Gasteiger charge is 2.09. The van der Waals surface area contributed by atoms with Crippen molar-refractivity contribution in [3.05, 3.63) is 29.6 Å². The average Bonchev–Trinajstić information content (AvgIpc) is 2.76. The molecule has 2 rings (SSSR count). The van der Waals surface area contributed by atoms with Crippen molar-refractivity contribution in [3.8, 4) is 0 Å². The predicted octanol–water partition coefficient (Wildman–Crippen LogP) is 2.39. The first-order valence-corrected chi connectivity index (χ1v) is 6.81. The Balaban J connectivity index is 2.19. The van der Waals surface area contributed by atoms with Crippen LogP contribution in [0.1, 0.15) is 5.56 Å². The van der Waals surface area contributed by atoms with Crippen molar-refractivity contribution in [2.75, 3.05) is 19.0 Å². The van der Waals surface area contributed by atoms with Crippen LogP contribution < -0.4 is 4.90 Å². The highest BCUT2D eigenvalue weighted by molar-refractivity contribution is 8.01. The lowest BCUT2D eigenvalue weighted by atomic mass is 10.2. The van der Waals surface area contributed by atoms with Crippen LogP contribution in [0, 0.1) is 5.82 Å². The maximum Gasteiger partial charge on any atom is 0.208 e. The monoisotopic (exact) mass is 285 g/mol. The van der Waals surface area contributed by atoms with E-state index in [1.807, 2.05) is 19.0 Å². The number of nitrogens with zero attached hydrogens (tertiary/aromatic N) is 3. The van der Waals surface area contributed by atoms with E-state index in [4.69, 9.17) is 5.11 Å². The minimum absolute atomic E-state index is 0.176. The first kappa shape index (κ1) is 13.3. The molecule has 1 aromatic carbocycles. The van der Waals surface area contributed by atoms with Crippen molar-refractivity contribution in [3.63, 3.8) is 0 Å². The van der Waals surface area contributed by atoms with E-state index in [-0.39, 0.29) is 12.4 Å². The van der Waals surface area contributed by atoms with E-state index in [2.05, 4.69) is 10.2 Å². The van der Waals surface area contributed by atoms with Crippen molar-refractivity contribution in [2.24, 2.45) is 0 Å². The van der Waals surface area contributed by atoms with E-state index < -0.39 is 0 Å². The Morgan fingerprint density at radius 3 is 2.72 bits per heavy atom. The topological polar surface area (TPSA) is 49.2 Å². The van der Waals surface area contributed by atoms with Gasteiger partial charge < -0.3 is 10.0 Å². The molecule has 2 aromatic rings. The molecule has 96 valence electrons. The van der Waals surface area contributed by atoms with Crippen LogP contribution in [0.3, 0.4) is 0 Å². The van der Waals surface area contributed by atoms with Gasteiger partial charge in [0.1, 0.15) is 5.82 Å². The second-order valence-electron chi connectivity index (χ2n) is 3.80. The van der Waals surface area contributed by atoms with Crippen molar-refractivity contribution in [1.29, 1.82) is 0 Å². The van der Waals surface area contributed by atoms with Gasteiger partial charge in [-0.1, -0.05) is 23.1 Å². The van der Waals surface area contributed by atoms with Gasteiger partial charge in [-0.25, -0.2) is 4.39 Å². The molecular weight excluding hydrogens is 273 g/mol. The molecule has 0 aliphatic rings. The van der Waals surface area contributed by atoms with E-state index >= 15 is 0 Å². The van der Waals surface area contributed by atoms with E-state index in [0.717, 1.165) is 9.47 Å². The Bertz CT molecular complexity index is 545. The summed E-state index contributed by atoms with van der Waals surface area (Å²) in [6, 6.07) is 4.47. The maximum absolute atomic E-state index is 13.3. The van der Waals surface area contributed by atoms with Gasteiger partial charge in [0.2, 0.25) is 5.13 Å². The molecule has 1 aromatic heterocycles. The van der Waals surface area contributed by atoms with Crippen LogP contribution in [-0.4, -0.2) is 29.4 Å². The number of halogens is 1. The maximum atomic E-state index is 13.3. The number of aromatic nitrogens is 2. The number of rotatable bonds is 4. The summed E-state index contributed by atoms with van der Waals surface area (Å²) in [5.74, 6) is -0.360. The lowest BCUT2D eigenvalue weighted by Gasteiger charge is -2.04. The molecule has 0 amide bonds. The highest BCUT2D eigenvalue weighted by atomic mass is 32.2. The van der Waals surface area contributed by atoms with Crippen LogP contribution in [0.15, 0.2) is 27.4 Å². The Kier molecular flexibility index (Phi) is 4.15. The molecule has 0 saturated carbocycles. The largest absolute Gasteiger partial charge is 0.392 e. The fourth-order valence-corrected chi connectivity index (χ4v) is 3.14. The van der Waals surface area contributed by atoms with Gasteiger partial charge in [-0.05, 0) is 23.8 Å². The summed E-state index contributed by atoms with van der Waals surface area (Å²) in [7, 11) is 3.78. The lowest BCUT2D eigenvalue weighted by molar-refractivity contribution is 0.281. The van der Waals surface area contributed by atoms with Crippen LogP contribution in [0.5, 0.6) is 0 Å². The Hall–Kier alpha value is -1.18. The molecule has 0 bridgehead atoms. The van der Waals surface area contributed by atoms with Crippen LogP contribution >= 0.6 is 23.1 Å². The summed E-state index contributed by atoms with van der Waals surface area (Å²) in [6.45, 7) is -0.176. The summed E-state index contributed by atoms with van der Waals surface area (Å²) < 4.78 is 14.0. The van der Waals surface area contributed by atoms with E-state index in [0.29, 0.717) is 10.5 Å². The molecule has 0 spiro atoms. The van der Waals surface area contributed by atoms with Crippen molar-refractivity contribution >= 4 is 28.2 Å². The minimum Gasteiger partial charge on any atom is -0.392 e. The Labute approximate surface area is 112 Å². The van der Waals surface area contributed by atoms with Gasteiger partial charge in [-0.2, -0.15) is 0 Å². The standard InChI is InChI=1S/C11H12FN3OS2/c1-15(2)10-13-14-11(18-10)17-9-4-7(6-16)3-8(12)5-9/h3-5,16H,6H2,1-2H3.